The van der Waals surface area contributed by atoms with Crippen LogP contribution in [0, 0.1) is 0 Å². The zero-order valence-electron chi connectivity index (χ0n) is 14.3. The van der Waals surface area contributed by atoms with Gasteiger partial charge in [-0.1, -0.05) is 43.0 Å². The third-order valence-corrected chi connectivity index (χ3v) is 4.82. The highest BCUT2D eigenvalue weighted by Crippen LogP contribution is 2.17. The third-order valence-electron chi connectivity index (χ3n) is 4.56. The first-order valence-electron chi connectivity index (χ1n) is 8.67. The smallest absolute Gasteiger partial charge is 0.321 e. The molecule has 4 N–H and O–H groups in total. The summed E-state index contributed by atoms with van der Waals surface area (Å²) in [6, 6.07) is 7.13. The fraction of sp³-hybridized carbons (Fsp3) is 0.556. The summed E-state index contributed by atoms with van der Waals surface area (Å²) in [6.07, 6.45) is 5.50. The normalized spacial score (nSPS) is 17.8. The molecule has 1 aromatic rings. The molecular formula is C18H27ClN3O2+. The SMILES string of the molecule is C[C@H]([NH2+][C@@H](C)c1ccc(Cl)cc1)C(=O)NC(=O)NC1CCCCC1. The van der Waals surface area contributed by atoms with Gasteiger partial charge < -0.3 is 10.6 Å². The van der Waals surface area contributed by atoms with Crippen molar-refractivity contribution in [3.8, 4) is 0 Å². The van der Waals surface area contributed by atoms with Crippen LogP contribution in [-0.2, 0) is 4.79 Å². The van der Waals surface area contributed by atoms with Crippen molar-refractivity contribution in [1.82, 2.24) is 10.6 Å². The Morgan fingerprint density at radius 2 is 1.75 bits per heavy atom. The Morgan fingerprint density at radius 3 is 2.38 bits per heavy atom. The van der Waals surface area contributed by atoms with Crippen molar-refractivity contribution in [2.45, 2.75) is 64.1 Å². The van der Waals surface area contributed by atoms with Crippen LogP contribution in [0.4, 0.5) is 4.79 Å². The Hall–Kier alpha value is -1.59. The van der Waals surface area contributed by atoms with Crippen LogP contribution >= 0.6 is 11.6 Å². The summed E-state index contributed by atoms with van der Waals surface area (Å²) in [5, 5.41) is 7.98. The average molecular weight is 353 g/mol. The molecule has 0 bridgehead atoms. The van der Waals surface area contributed by atoms with E-state index >= 15 is 0 Å². The Balaban J connectivity index is 1.78. The molecule has 1 saturated carbocycles. The van der Waals surface area contributed by atoms with Gasteiger partial charge in [-0.05, 0) is 38.8 Å². The zero-order valence-corrected chi connectivity index (χ0v) is 15.1. The molecule has 0 spiro atoms. The van der Waals surface area contributed by atoms with E-state index in [0.717, 1.165) is 31.2 Å². The molecule has 1 aromatic carbocycles. The number of carbonyl (C=O) groups is 2. The van der Waals surface area contributed by atoms with Crippen LogP contribution in [-0.4, -0.2) is 24.0 Å². The summed E-state index contributed by atoms with van der Waals surface area (Å²) >= 11 is 5.89. The van der Waals surface area contributed by atoms with E-state index < -0.39 is 0 Å². The van der Waals surface area contributed by atoms with Crippen molar-refractivity contribution in [1.29, 1.82) is 0 Å². The lowest BCUT2D eigenvalue weighted by atomic mass is 9.96. The molecule has 1 aliphatic carbocycles. The van der Waals surface area contributed by atoms with Crippen molar-refractivity contribution >= 4 is 23.5 Å². The number of halogens is 1. The van der Waals surface area contributed by atoms with Crippen molar-refractivity contribution in [3.63, 3.8) is 0 Å². The minimum absolute atomic E-state index is 0.101. The fourth-order valence-electron chi connectivity index (χ4n) is 3.09. The van der Waals surface area contributed by atoms with Gasteiger partial charge in [0.25, 0.3) is 5.91 Å². The van der Waals surface area contributed by atoms with Gasteiger partial charge >= 0.3 is 6.03 Å². The molecule has 2 rings (SSSR count). The Labute approximate surface area is 148 Å². The van der Waals surface area contributed by atoms with Gasteiger partial charge in [-0.2, -0.15) is 0 Å². The highest BCUT2D eigenvalue weighted by atomic mass is 35.5. The summed E-state index contributed by atoms with van der Waals surface area (Å²) in [7, 11) is 0. The fourth-order valence-corrected chi connectivity index (χ4v) is 3.22. The van der Waals surface area contributed by atoms with Crippen LogP contribution < -0.4 is 16.0 Å². The number of amides is 3. The number of rotatable bonds is 5. The number of carbonyl (C=O) groups excluding carboxylic acids is 2. The van der Waals surface area contributed by atoms with Crippen LogP contribution in [0.5, 0.6) is 0 Å². The molecule has 132 valence electrons. The lowest BCUT2D eigenvalue weighted by Crippen LogP contribution is -2.92. The van der Waals surface area contributed by atoms with E-state index in [9.17, 15) is 9.59 Å². The Morgan fingerprint density at radius 1 is 1.12 bits per heavy atom. The third kappa shape index (κ3) is 5.80. The minimum Gasteiger partial charge on any atom is -0.335 e. The largest absolute Gasteiger partial charge is 0.335 e. The maximum Gasteiger partial charge on any atom is 0.321 e. The van der Waals surface area contributed by atoms with Gasteiger partial charge in [0.2, 0.25) is 0 Å². The van der Waals surface area contributed by atoms with Gasteiger partial charge in [-0.25, -0.2) is 4.79 Å². The highest BCUT2D eigenvalue weighted by molar-refractivity contribution is 6.30. The predicted molar refractivity (Wildman–Crippen MR) is 94.8 cm³/mol. The van der Waals surface area contributed by atoms with Gasteiger partial charge in [0, 0.05) is 16.6 Å². The van der Waals surface area contributed by atoms with Crippen molar-refractivity contribution < 1.29 is 14.9 Å². The molecular weight excluding hydrogens is 326 g/mol. The van der Waals surface area contributed by atoms with Crippen LogP contribution in [0.15, 0.2) is 24.3 Å². The number of quaternary nitrogens is 1. The predicted octanol–water partition coefficient (Wildman–Crippen LogP) is 2.51. The quantitative estimate of drug-likeness (QED) is 0.761. The molecule has 1 aliphatic rings. The van der Waals surface area contributed by atoms with Crippen LogP contribution in [0.25, 0.3) is 0 Å². The van der Waals surface area contributed by atoms with Crippen LogP contribution in [0.1, 0.15) is 57.6 Å². The van der Waals surface area contributed by atoms with E-state index in [4.69, 9.17) is 11.6 Å². The molecule has 0 aliphatic heterocycles. The molecule has 0 unspecified atom stereocenters. The van der Waals surface area contributed by atoms with E-state index in [2.05, 4.69) is 10.6 Å². The molecule has 6 heteroatoms. The first-order chi connectivity index (χ1) is 11.5. The van der Waals surface area contributed by atoms with Gasteiger partial charge in [0.15, 0.2) is 6.04 Å². The summed E-state index contributed by atoms with van der Waals surface area (Å²) in [4.78, 5) is 24.1. The number of imide groups is 1. The second-order valence-electron chi connectivity index (χ2n) is 6.62. The number of hydrogen-bond acceptors (Lipinski definition) is 2. The van der Waals surface area contributed by atoms with Crippen molar-refractivity contribution in [3.05, 3.63) is 34.9 Å². The summed E-state index contributed by atoms with van der Waals surface area (Å²) in [6.45, 7) is 3.82. The van der Waals surface area contributed by atoms with Crippen LogP contribution in [0.3, 0.4) is 0 Å². The number of nitrogens with one attached hydrogen (secondary N) is 2. The molecule has 5 nitrogen and oxygen atoms in total. The average Bonchev–Trinajstić information content (AvgIpc) is 2.56. The van der Waals surface area contributed by atoms with E-state index in [1.807, 2.05) is 36.5 Å². The number of urea groups is 1. The lowest BCUT2D eigenvalue weighted by molar-refractivity contribution is -0.710. The van der Waals surface area contributed by atoms with E-state index in [0.29, 0.717) is 5.02 Å². The zero-order chi connectivity index (χ0) is 17.5. The first-order valence-corrected chi connectivity index (χ1v) is 9.05. The summed E-state index contributed by atoms with van der Waals surface area (Å²) < 4.78 is 0. The number of benzene rings is 1. The second-order valence-corrected chi connectivity index (χ2v) is 7.06. The summed E-state index contributed by atoms with van der Waals surface area (Å²) in [5.74, 6) is -0.274. The molecule has 0 radical (unpaired) electrons. The van der Waals surface area contributed by atoms with Crippen molar-refractivity contribution in [2.75, 3.05) is 0 Å². The highest BCUT2D eigenvalue weighted by Gasteiger charge is 2.23. The maximum atomic E-state index is 12.2. The molecule has 0 aromatic heterocycles. The lowest BCUT2D eigenvalue weighted by Gasteiger charge is -2.23. The Kier molecular flexibility index (Phi) is 7.06. The molecule has 0 saturated heterocycles. The van der Waals surface area contributed by atoms with Gasteiger partial charge in [-0.15, -0.1) is 0 Å². The number of hydrogen-bond donors (Lipinski definition) is 3. The number of nitrogens with two attached hydrogens (primary N) is 1. The molecule has 3 amide bonds. The summed E-state index contributed by atoms with van der Waals surface area (Å²) in [5.41, 5.74) is 1.09. The van der Waals surface area contributed by atoms with Gasteiger partial charge in [0.05, 0.1) is 0 Å². The molecule has 24 heavy (non-hydrogen) atoms. The topological polar surface area (TPSA) is 74.8 Å². The van der Waals surface area contributed by atoms with E-state index in [1.165, 1.54) is 6.42 Å². The van der Waals surface area contributed by atoms with Gasteiger partial charge in [-0.3, -0.25) is 10.1 Å². The first kappa shape index (κ1) is 18.7. The van der Waals surface area contributed by atoms with Gasteiger partial charge in [0.1, 0.15) is 6.04 Å². The van der Waals surface area contributed by atoms with E-state index in [-0.39, 0.29) is 30.1 Å². The standard InChI is InChI=1S/C18H26ClN3O2/c1-12(14-8-10-15(19)11-9-14)20-13(2)17(23)22-18(24)21-16-6-4-3-5-7-16/h8-13,16,20H,3-7H2,1-2H3,(H2,21,22,23,24)/p+1/t12-,13-/m0/s1. The second kappa shape index (κ2) is 9.04. The van der Waals surface area contributed by atoms with E-state index in [1.54, 1.807) is 6.92 Å². The monoisotopic (exact) mass is 352 g/mol. The van der Waals surface area contributed by atoms with Crippen molar-refractivity contribution in [2.24, 2.45) is 0 Å². The van der Waals surface area contributed by atoms with Crippen LogP contribution in [0.2, 0.25) is 5.02 Å². The minimum atomic E-state index is -0.383. The maximum absolute atomic E-state index is 12.2. The molecule has 2 atom stereocenters. The molecule has 0 heterocycles. The molecule has 1 fully saturated rings. The Bertz CT molecular complexity index is 556.